The first kappa shape index (κ1) is 16.5. The van der Waals surface area contributed by atoms with Crippen LogP contribution in [0.1, 0.15) is 21.6 Å². The van der Waals surface area contributed by atoms with Crippen molar-refractivity contribution in [1.82, 2.24) is 4.98 Å². The molecule has 0 radical (unpaired) electrons. The van der Waals surface area contributed by atoms with E-state index in [4.69, 9.17) is 4.74 Å². The summed E-state index contributed by atoms with van der Waals surface area (Å²) in [7, 11) is 0. The van der Waals surface area contributed by atoms with Crippen molar-refractivity contribution in [1.29, 1.82) is 0 Å². The summed E-state index contributed by atoms with van der Waals surface area (Å²) in [6.45, 7) is 3.52. The van der Waals surface area contributed by atoms with Gasteiger partial charge in [-0.25, -0.2) is 0 Å². The fourth-order valence-corrected chi connectivity index (χ4v) is 2.56. The van der Waals surface area contributed by atoms with Crippen molar-refractivity contribution in [3.05, 3.63) is 87.8 Å². The number of hydrogen-bond acceptors (Lipinski definition) is 3. The van der Waals surface area contributed by atoms with Gasteiger partial charge in [-0.3, -0.25) is 9.59 Å². The number of carbonyl (C=O) groups excluding carboxylic acids is 1. The van der Waals surface area contributed by atoms with Crippen molar-refractivity contribution < 1.29 is 9.53 Å². The third-order valence-corrected chi connectivity index (χ3v) is 3.68. The number of hydrogen-bond donors (Lipinski definition) is 2. The Morgan fingerprint density at radius 2 is 1.60 bits per heavy atom. The normalized spacial score (nSPS) is 10.3. The summed E-state index contributed by atoms with van der Waals surface area (Å²) in [5, 5.41) is 2.74. The van der Waals surface area contributed by atoms with Gasteiger partial charge in [0.15, 0.2) is 0 Å². The van der Waals surface area contributed by atoms with Crippen molar-refractivity contribution in [2.75, 3.05) is 5.32 Å². The molecule has 2 aromatic carbocycles. The number of para-hydroxylation sites is 1. The lowest BCUT2D eigenvalue weighted by molar-refractivity contribution is 0.102. The Labute approximate surface area is 145 Å². The third-order valence-electron chi connectivity index (χ3n) is 3.68. The minimum absolute atomic E-state index is 0.121. The number of aromatic amines is 1. The maximum atomic E-state index is 12.4. The molecule has 0 aliphatic rings. The van der Waals surface area contributed by atoms with Crippen molar-refractivity contribution in [3.8, 4) is 11.5 Å². The summed E-state index contributed by atoms with van der Waals surface area (Å²) in [4.78, 5) is 27.0. The molecular weight excluding hydrogens is 316 g/mol. The van der Waals surface area contributed by atoms with Crippen molar-refractivity contribution >= 4 is 11.6 Å². The van der Waals surface area contributed by atoms with Gasteiger partial charge in [0.25, 0.3) is 11.5 Å². The molecule has 0 bridgehead atoms. The van der Waals surface area contributed by atoms with Gasteiger partial charge in [0.1, 0.15) is 17.1 Å². The Hall–Kier alpha value is -3.34. The summed E-state index contributed by atoms with van der Waals surface area (Å²) >= 11 is 0. The number of pyridine rings is 1. The number of H-pyrrole nitrogens is 1. The van der Waals surface area contributed by atoms with Crippen LogP contribution in [0.5, 0.6) is 11.5 Å². The van der Waals surface area contributed by atoms with Gasteiger partial charge in [-0.1, -0.05) is 18.2 Å². The number of ether oxygens (including phenoxy) is 1. The molecule has 0 unspecified atom stereocenters. The Balaban J connectivity index is 1.73. The number of carbonyl (C=O) groups is 1. The minimum Gasteiger partial charge on any atom is -0.457 e. The molecule has 5 heteroatoms. The molecule has 1 aromatic heterocycles. The van der Waals surface area contributed by atoms with Gasteiger partial charge in [0.2, 0.25) is 0 Å². The fourth-order valence-electron chi connectivity index (χ4n) is 2.56. The molecule has 0 atom stereocenters. The standard InChI is InChI=1S/C20H18N2O3/c1-13-12-14(2)21-19(23)18(13)20(24)22-15-8-10-17(11-9-15)25-16-6-4-3-5-7-16/h3-12H,1-2H3,(H,21,23)(H,22,24). The molecular formula is C20H18N2O3. The highest BCUT2D eigenvalue weighted by Crippen LogP contribution is 2.22. The average molecular weight is 334 g/mol. The highest BCUT2D eigenvalue weighted by atomic mass is 16.5. The zero-order valence-electron chi connectivity index (χ0n) is 14.0. The molecule has 0 spiro atoms. The van der Waals surface area contributed by atoms with Gasteiger partial charge in [0, 0.05) is 11.4 Å². The molecule has 0 fully saturated rings. The molecule has 5 nitrogen and oxygen atoms in total. The van der Waals surface area contributed by atoms with Crippen LogP contribution in [-0.4, -0.2) is 10.9 Å². The zero-order chi connectivity index (χ0) is 17.8. The summed E-state index contributed by atoms with van der Waals surface area (Å²) < 4.78 is 5.71. The van der Waals surface area contributed by atoms with Gasteiger partial charge in [-0.15, -0.1) is 0 Å². The van der Waals surface area contributed by atoms with Gasteiger partial charge in [-0.2, -0.15) is 0 Å². The molecule has 2 N–H and O–H groups in total. The van der Waals surface area contributed by atoms with Crippen LogP contribution in [0.15, 0.2) is 65.5 Å². The molecule has 126 valence electrons. The third kappa shape index (κ3) is 3.95. The van der Waals surface area contributed by atoms with Crippen LogP contribution < -0.4 is 15.6 Å². The number of anilines is 1. The Morgan fingerprint density at radius 1 is 0.960 bits per heavy atom. The quantitative estimate of drug-likeness (QED) is 0.756. The van der Waals surface area contributed by atoms with Gasteiger partial charge < -0.3 is 15.0 Å². The van der Waals surface area contributed by atoms with Crippen LogP contribution in [0.3, 0.4) is 0 Å². The second kappa shape index (κ2) is 7.05. The second-order valence-corrected chi connectivity index (χ2v) is 5.73. The number of nitrogens with one attached hydrogen (secondary N) is 2. The van der Waals surface area contributed by atoms with E-state index < -0.39 is 5.91 Å². The van der Waals surface area contributed by atoms with E-state index in [1.807, 2.05) is 30.3 Å². The fraction of sp³-hybridized carbons (Fsp3) is 0.100. The first-order valence-electron chi connectivity index (χ1n) is 7.88. The molecule has 3 aromatic rings. The number of rotatable bonds is 4. The van der Waals surface area contributed by atoms with Gasteiger partial charge in [-0.05, 0) is 61.9 Å². The topological polar surface area (TPSA) is 71.2 Å². The number of aryl methyl sites for hydroxylation is 2. The molecule has 1 amide bonds. The molecule has 0 aliphatic heterocycles. The highest BCUT2D eigenvalue weighted by molar-refractivity contribution is 6.05. The molecule has 1 heterocycles. The highest BCUT2D eigenvalue weighted by Gasteiger charge is 2.14. The predicted molar refractivity (Wildman–Crippen MR) is 97.4 cm³/mol. The van der Waals surface area contributed by atoms with Crippen molar-refractivity contribution in [2.24, 2.45) is 0 Å². The van der Waals surface area contributed by atoms with Crippen molar-refractivity contribution in [2.45, 2.75) is 13.8 Å². The van der Waals surface area contributed by atoms with Crippen LogP contribution in [-0.2, 0) is 0 Å². The van der Waals surface area contributed by atoms with Crippen LogP contribution in [0.4, 0.5) is 5.69 Å². The van der Waals surface area contributed by atoms with E-state index in [0.717, 1.165) is 11.4 Å². The molecule has 0 aliphatic carbocycles. The first-order chi connectivity index (χ1) is 12.0. The lowest BCUT2D eigenvalue weighted by Gasteiger charge is -2.09. The monoisotopic (exact) mass is 334 g/mol. The Kier molecular flexibility index (Phi) is 4.66. The van der Waals surface area contributed by atoms with E-state index in [2.05, 4.69) is 10.3 Å². The average Bonchev–Trinajstić information content (AvgIpc) is 2.56. The Bertz CT molecular complexity index is 945. The zero-order valence-corrected chi connectivity index (χ0v) is 14.0. The van der Waals surface area contributed by atoms with E-state index in [0.29, 0.717) is 17.0 Å². The second-order valence-electron chi connectivity index (χ2n) is 5.73. The lowest BCUT2D eigenvalue weighted by Crippen LogP contribution is -2.25. The van der Waals surface area contributed by atoms with Crippen LogP contribution in [0.2, 0.25) is 0 Å². The van der Waals surface area contributed by atoms with Crippen LogP contribution in [0.25, 0.3) is 0 Å². The van der Waals surface area contributed by atoms with Crippen LogP contribution in [0, 0.1) is 13.8 Å². The van der Waals surface area contributed by atoms with Gasteiger partial charge in [0.05, 0.1) is 0 Å². The SMILES string of the molecule is Cc1cc(C)c(C(=O)Nc2ccc(Oc3ccccc3)cc2)c(=O)[nH]1. The maximum Gasteiger partial charge on any atom is 0.261 e. The van der Waals surface area contributed by atoms with E-state index in [9.17, 15) is 9.59 Å². The molecule has 0 saturated heterocycles. The number of amides is 1. The number of benzene rings is 2. The minimum atomic E-state index is -0.435. The van der Waals surface area contributed by atoms with Crippen molar-refractivity contribution in [3.63, 3.8) is 0 Å². The summed E-state index contributed by atoms with van der Waals surface area (Å²) in [6, 6.07) is 18.2. The number of aromatic nitrogens is 1. The first-order valence-corrected chi connectivity index (χ1v) is 7.88. The summed E-state index contributed by atoms with van der Waals surface area (Å²) in [5.74, 6) is 0.963. The lowest BCUT2D eigenvalue weighted by atomic mass is 10.1. The van der Waals surface area contributed by atoms with E-state index in [1.54, 1.807) is 44.2 Å². The van der Waals surface area contributed by atoms with Gasteiger partial charge >= 0.3 is 0 Å². The summed E-state index contributed by atoms with van der Waals surface area (Å²) in [6.07, 6.45) is 0. The molecule has 25 heavy (non-hydrogen) atoms. The summed E-state index contributed by atoms with van der Waals surface area (Å²) in [5.41, 5.74) is 1.68. The smallest absolute Gasteiger partial charge is 0.261 e. The maximum absolute atomic E-state index is 12.4. The molecule has 3 rings (SSSR count). The van der Waals surface area contributed by atoms with Crippen LogP contribution >= 0.6 is 0 Å². The Morgan fingerprint density at radius 3 is 2.24 bits per heavy atom. The van der Waals surface area contributed by atoms with E-state index >= 15 is 0 Å². The predicted octanol–water partition coefficient (Wildman–Crippen LogP) is 4.04. The van der Waals surface area contributed by atoms with E-state index in [-0.39, 0.29) is 11.1 Å². The largest absolute Gasteiger partial charge is 0.457 e. The molecule has 0 saturated carbocycles. The van der Waals surface area contributed by atoms with E-state index in [1.165, 1.54) is 0 Å².